The minimum absolute atomic E-state index is 0.151. The molecule has 0 radical (unpaired) electrons. The molecule has 0 aliphatic carbocycles. The van der Waals surface area contributed by atoms with Crippen molar-refractivity contribution in [3.63, 3.8) is 0 Å². The van der Waals surface area contributed by atoms with Crippen LogP contribution in [0.2, 0.25) is 0 Å². The standard InChI is InChI=1S/C18H27NO3/c1-18(2,3)9-7-16(17(20)21)19-11-13-5-4-6-14-12-22-10-8-15(13)14/h4-6,16,19H,7-12H2,1-3H3,(H,20,21). The number of nitrogens with one attached hydrogen (secondary N) is 1. The number of hydrogen-bond donors (Lipinski definition) is 2. The average Bonchev–Trinajstić information content (AvgIpc) is 2.45. The van der Waals surface area contributed by atoms with E-state index in [9.17, 15) is 9.90 Å². The number of ether oxygens (including phenoxy) is 1. The van der Waals surface area contributed by atoms with Gasteiger partial charge in [0, 0.05) is 6.54 Å². The third-order valence-corrected chi connectivity index (χ3v) is 4.14. The first-order valence-electron chi connectivity index (χ1n) is 8.00. The smallest absolute Gasteiger partial charge is 0.320 e. The van der Waals surface area contributed by atoms with Crippen LogP contribution in [0, 0.1) is 5.41 Å². The first kappa shape index (κ1) is 17.0. The van der Waals surface area contributed by atoms with Gasteiger partial charge in [-0.3, -0.25) is 4.79 Å². The lowest BCUT2D eigenvalue weighted by Gasteiger charge is -2.23. The molecule has 0 spiro atoms. The van der Waals surface area contributed by atoms with E-state index in [1.165, 1.54) is 16.7 Å². The Morgan fingerprint density at radius 2 is 2.18 bits per heavy atom. The SMILES string of the molecule is CC(C)(C)CCC(NCc1cccc2c1CCOC2)C(=O)O. The Hall–Kier alpha value is -1.39. The van der Waals surface area contributed by atoms with Crippen LogP contribution >= 0.6 is 0 Å². The van der Waals surface area contributed by atoms with Crippen LogP contribution in [0.4, 0.5) is 0 Å². The molecular formula is C18H27NO3. The quantitative estimate of drug-likeness (QED) is 0.848. The zero-order valence-corrected chi connectivity index (χ0v) is 13.8. The van der Waals surface area contributed by atoms with Crippen molar-refractivity contribution in [2.45, 2.75) is 59.2 Å². The van der Waals surface area contributed by atoms with Gasteiger partial charge in [0.2, 0.25) is 0 Å². The van der Waals surface area contributed by atoms with Gasteiger partial charge in [-0.2, -0.15) is 0 Å². The Balaban J connectivity index is 1.99. The van der Waals surface area contributed by atoms with Crippen LogP contribution in [0.3, 0.4) is 0 Å². The van der Waals surface area contributed by atoms with Crippen LogP contribution < -0.4 is 5.32 Å². The summed E-state index contributed by atoms with van der Waals surface area (Å²) in [6.45, 7) is 8.43. The van der Waals surface area contributed by atoms with E-state index in [4.69, 9.17) is 4.74 Å². The van der Waals surface area contributed by atoms with E-state index in [0.29, 0.717) is 19.6 Å². The van der Waals surface area contributed by atoms with Crippen molar-refractivity contribution >= 4 is 5.97 Å². The summed E-state index contributed by atoms with van der Waals surface area (Å²) in [5, 5.41) is 12.6. The maximum Gasteiger partial charge on any atom is 0.320 e. The lowest BCUT2D eigenvalue weighted by Crippen LogP contribution is -2.37. The Bertz CT molecular complexity index is 520. The van der Waals surface area contributed by atoms with Crippen molar-refractivity contribution in [1.29, 1.82) is 0 Å². The maximum absolute atomic E-state index is 11.4. The molecule has 4 heteroatoms. The summed E-state index contributed by atoms with van der Waals surface area (Å²) < 4.78 is 5.48. The molecule has 1 aromatic rings. The summed E-state index contributed by atoms with van der Waals surface area (Å²) in [5.74, 6) is -0.766. The number of benzene rings is 1. The Labute approximate surface area is 132 Å². The van der Waals surface area contributed by atoms with E-state index in [1.54, 1.807) is 0 Å². The van der Waals surface area contributed by atoms with Gasteiger partial charge < -0.3 is 15.2 Å². The minimum atomic E-state index is -0.766. The van der Waals surface area contributed by atoms with Crippen LogP contribution in [-0.2, 0) is 29.1 Å². The normalized spacial score (nSPS) is 16.1. The Morgan fingerprint density at radius 1 is 1.41 bits per heavy atom. The second kappa shape index (κ2) is 7.25. The Kier molecular flexibility index (Phi) is 5.59. The third kappa shape index (κ3) is 4.82. The van der Waals surface area contributed by atoms with E-state index < -0.39 is 12.0 Å². The van der Waals surface area contributed by atoms with Gasteiger partial charge in [-0.15, -0.1) is 0 Å². The molecule has 1 aromatic carbocycles. The molecule has 1 aliphatic rings. The topological polar surface area (TPSA) is 58.6 Å². The van der Waals surface area contributed by atoms with Gasteiger partial charge in [-0.05, 0) is 41.4 Å². The predicted molar refractivity (Wildman–Crippen MR) is 86.8 cm³/mol. The second-order valence-electron chi connectivity index (χ2n) is 7.23. The second-order valence-corrected chi connectivity index (χ2v) is 7.23. The molecule has 1 atom stereocenters. The van der Waals surface area contributed by atoms with Crippen molar-refractivity contribution in [2.24, 2.45) is 5.41 Å². The van der Waals surface area contributed by atoms with E-state index in [0.717, 1.165) is 19.4 Å². The van der Waals surface area contributed by atoms with Crippen molar-refractivity contribution < 1.29 is 14.6 Å². The van der Waals surface area contributed by atoms with Gasteiger partial charge >= 0.3 is 5.97 Å². The molecule has 22 heavy (non-hydrogen) atoms. The summed E-state index contributed by atoms with van der Waals surface area (Å²) in [4.78, 5) is 11.4. The highest BCUT2D eigenvalue weighted by Crippen LogP contribution is 2.23. The number of fused-ring (bicyclic) bond motifs is 1. The molecule has 4 nitrogen and oxygen atoms in total. The first-order valence-corrected chi connectivity index (χ1v) is 8.00. The summed E-state index contributed by atoms with van der Waals surface area (Å²) in [5.41, 5.74) is 3.90. The van der Waals surface area contributed by atoms with Gasteiger partial charge in [0.1, 0.15) is 6.04 Å². The van der Waals surface area contributed by atoms with E-state index in [-0.39, 0.29) is 5.41 Å². The molecule has 0 saturated carbocycles. The summed E-state index contributed by atoms with van der Waals surface area (Å²) in [6.07, 6.45) is 2.45. The molecule has 2 N–H and O–H groups in total. The van der Waals surface area contributed by atoms with Crippen LogP contribution in [-0.4, -0.2) is 23.7 Å². The molecule has 1 unspecified atom stereocenters. The maximum atomic E-state index is 11.4. The first-order chi connectivity index (χ1) is 10.4. The molecule has 0 aromatic heterocycles. The van der Waals surface area contributed by atoms with Gasteiger partial charge in [-0.1, -0.05) is 39.0 Å². The molecular weight excluding hydrogens is 278 g/mol. The molecule has 0 bridgehead atoms. The fourth-order valence-electron chi connectivity index (χ4n) is 2.79. The molecule has 1 aliphatic heterocycles. The van der Waals surface area contributed by atoms with E-state index in [1.807, 2.05) is 6.07 Å². The highest BCUT2D eigenvalue weighted by atomic mass is 16.5. The number of carboxylic acids is 1. The third-order valence-electron chi connectivity index (χ3n) is 4.14. The number of hydrogen-bond acceptors (Lipinski definition) is 3. The zero-order chi connectivity index (χ0) is 16.2. The molecule has 0 saturated heterocycles. The highest BCUT2D eigenvalue weighted by molar-refractivity contribution is 5.73. The van der Waals surface area contributed by atoms with Gasteiger partial charge in [0.25, 0.3) is 0 Å². The van der Waals surface area contributed by atoms with Gasteiger partial charge in [0.15, 0.2) is 0 Å². The van der Waals surface area contributed by atoms with Crippen LogP contribution in [0.5, 0.6) is 0 Å². The molecule has 0 amide bonds. The van der Waals surface area contributed by atoms with Crippen LogP contribution in [0.1, 0.15) is 50.3 Å². The number of aliphatic carboxylic acids is 1. The van der Waals surface area contributed by atoms with E-state index >= 15 is 0 Å². The molecule has 2 rings (SSSR count). The highest BCUT2D eigenvalue weighted by Gasteiger charge is 2.21. The van der Waals surface area contributed by atoms with Crippen molar-refractivity contribution in [3.05, 3.63) is 34.9 Å². The summed E-state index contributed by atoms with van der Waals surface area (Å²) in [6, 6.07) is 5.71. The minimum Gasteiger partial charge on any atom is -0.480 e. The largest absolute Gasteiger partial charge is 0.480 e. The van der Waals surface area contributed by atoms with Crippen molar-refractivity contribution in [3.8, 4) is 0 Å². The summed E-state index contributed by atoms with van der Waals surface area (Å²) in [7, 11) is 0. The van der Waals surface area contributed by atoms with Gasteiger partial charge in [-0.25, -0.2) is 0 Å². The average molecular weight is 305 g/mol. The Morgan fingerprint density at radius 3 is 2.86 bits per heavy atom. The molecule has 1 heterocycles. The van der Waals surface area contributed by atoms with Crippen molar-refractivity contribution in [1.82, 2.24) is 5.32 Å². The van der Waals surface area contributed by atoms with E-state index in [2.05, 4.69) is 38.2 Å². The fraction of sp³-hybridized carbons (Fsp3) is 0.611. The monoisotopic (exact) mass is 305 g/mol. The number of rotatable bonds is 6. The van der Waals surface area contributed by atoms with Crippen molar-refractivity contribution in [2.75, 3.05) is 6.61 Å². The molecule has 122 valence electrons. The fourth-order valence-corrected chi connectivity index (χ4v) is 2.79. The predicted octanol–water partition coefficient (Wildman–Crippen LogP) is 3.13. The lowest BCUT2D eigenvalue weighted by atomic mass is 9.88. The van der Waals surface area contributed by atoms with Crippen LogP contribution in [0.25, 0.3) is 0 Å². The zero-order valence-electron chi connectivity index (χ0n) is 13.8. The molecule has 0 fully saturated rings. The summed E-state index contributed by atoms with van der Waals surface area (Å²) >= 11 is 0. The van der Waals surface area contributed by atoms with Crippen LogP contribution in [0.15, 0.2) is 18.2 Å². The number of carbonyl (C=O) groups is 1. The lowest BCUT2D eigenvalue weighted by molar-refractivity contribution is -0.139. The number of carboxylic acid groups (broad SMARTS) is 1. The van der Waals surface area contributed by atoms with Gasteiger partial charge in [0.05, 0.1) is 13.2 Å².